The lowest BCUT2D eigenvalue weighted by Crippen LogP contribution is -2.11. The van der Waals surface area contributed by atoms with Crippen molar-refractivity contribution >= 4 is 5.97 Å². The van der Waals surface area contributed by atoms with Gasteiger partial charge in [0.05, 0.1) is 25.6 Å². The second-order valence-corrected chi connectivity index (χ2v) is 15.8. The summed E-state index contributed by atoms with van der Waals surface area (Å²) in [5, 5.41) is 0. The van der Waals surface area contributed by atoms with E-state index in [0.29, 0.717) is 13.0 Å². The molecule has 0 spiro atoms. The number of carbonyl (C=O) groups excluding carboxylic acids is 1. The quantitative estimate of drug-likeness (QED) is 0.0384. The van der Waals surface area contributed by atoms with Gasteiger partial charge in [-0.2, -0.15) is 0 Å². The van der Waals surface area contributed by atoms with E-state index < -0.39 is 0 Å². The molecule has 0 unspecified atom stereocenters. The first-order valence-electron chi connectivity index (χ1n) is 22.3. The van der Waals surface area contributed by atoms with Crippen LogP contribution in [0.25, 0.3) is 0 Å². The molecule has 0 bridgehead atoms. The summed E-state index contributed by atoms with van der Waals surface area (Å²) in [6.45, 7) is 11.8. The van der Waals surface area contributed by atoms with Crippen molar-refractivity contribution in [2.45, 2.75) is 213 Å². The first-order chi connectivity index (χ1) is 25.4. The van der Waals surface area contributed by atoms with Gasteiger partial charge in [0, 0.05) is 19.4 Å². The van der Waals surface area contributed by atoms with Crippen molar-refractivity contribution in [2.75, 3.05) is 33.9 Å². The van der Waals surface area contributed by atoms with Crippen LogP contribution in [0.5, 0.6) is 5.75 Å². The Kier molecular flexibility index (Phi) is 33.2. The third-order valence-electron chi connectivity index (χ3n) is 10.1. The van der Waals surface area contributed by atoms with Crippen LogP contribution in [-0.2, 0) is 27.2 Å². The summed E-state index contributed by atoms with van der Waals surface area (Å²) >= 11 is 0. The number of carbonyl (C=O) groups is 1. The Hall–Kier alpha value is -2.01. The highest BCUT2D eigenvalue weighted by atomic mass is 16.5. The van der Waals surface area contributed by atoms with Gasteiger partial charge in [0.1, 0.15) is 5.75 Å². The molecule has 0 aliphatic heterocycles. The fourth-order valence-corrected chi connectivity index (χ4v) is 6.88. The van der Waals surface area contributed by atoms with Crippen molar-refractivity contribution in [1.82, 2.24) is 4.90 Å². The molecule has 5 nitrogen and oxygen atoms in total. The van der Waals surface area contributed by atoms with Crippen LogP contribution in [0.4, 0.5) is 0 Å². The van der Waals surface area contributed by atoms with E-state index in [9.17, 15) is 4.79 Å². The fraction of sp³-hybridized carbons (Fsp3) is 0.809. The lowest BCUT2D eigenvalue weighted by Gasteiger charge is -2.14. The van der Waals surface area contributed by atoms with Crippen LogP contribution < -0.4 is 4.74 Å². The average Bonchev–Trinajstić information content (AvgIpc) is 3.12. The number of hydrogen-bond donors (Lipinski definition) is 0. The number of rotatable bonds is 39. The molecule has 0 atom stereocenters. The van der Waals surface area contributed by atoms with E-state index in [1.807, 2.05) is 0 Å². The van der Waals surface area contributed by atoms with Gasteiger partial charge in [-0.15, -0.1) is 0 Å². The highest BCUT2D eigenvalue weighted by Gasteiger charge is 2.06. The van der Waals surface area contributed by atoms with E-state index in [2.05, 4.69) is 57.6 Å². The van der Waals surface area contributed by atoms with Gasteiger partial charge >= 0.3 is 5.97 Å². The SMILES string of the molecule is C=C(CCCCCCCCC)OCCCCCCCCCc1cc(CN(C)C)cc(OCCCCCCCCOC(=O)CCCCCCCCC)c1. The maximum absolute atomic E-state index is 11.9. The monoisotopic (exact) mass is 728 g/mol. The van der Waals surface area contributed by atoms with Gasteiger partial charge in [-0.25, -0.2) is 0 Å². The van der Waals surface area contributed by atoms with Crippen molar-refractivity contribution in [3.8, 4) is 5.75 Å². The van der Waals surface area contributed by atoms with Crippen LogP contribution in [0.15, 0.2) is 30.5 Å². The average molecular weight is 728 g/mol. The minimum Gasteiger partial charge on any atom is -0.499 e. The van der Waals surface area contributed by atoms with Gasteiger partial charge in [-0.05, 0) is 82.3 Å². The van der Waals surface area contributed by atoms with Crippen LogP contribution in [0.1, 0.15) is 211 Å². The lowest BCUT2D eigenvalue weighted by molar-refractivity contribution is -0.143. The normalized spacial score (nSPS) is 11.3. The molecule has 52 heavy (non-hydrogen) atoms. The summed E-state index contributed by atoms with van der Waals surface area (Å²) in [4.78, 5) is 14.2. The highest BCUT2D eigenvalue weighted by molar-refractivity contribution is 5.69. The van der Waals surface area contributed by atoms with Crippen LogP contribution >= 0.6 is 0 Å². The molecule has 0 aromatic heterocycles. The molecule has 0 aliphatic rings. The first kappa shape index (κ1) is 48.0. The molecule has 5 heteroatoms. The lowest BCUT2D eigenvalue weighted by atomic mass is 10.0. The molecule has 0 amide bonds. The van der Waals surface area contributed by atoms with Crippen molar-refractivity contribution in [1.29, 1.82) is 0 Å². The second-order valence-electron chi connectivity index (χ2n) is 15.8. The minimum atomic E-state index is -0.0113. The summed E-state index contributed by atoms with van der Waals surface area (Å²) in [5.41, 5.74) is 2.75. The Morgan fingerprint density at radius 2 is 0.962 bits per heavy atom. The molecular weight excluding hydrogens is 643 g/mol. The van der Waals surface area contributed by atoms with Crippen LogP contribution in [0, 0.1) is 0 Å². The standard InChI is InChI=1S/C47H85NO4/c1-6-8-10-12-15-21-27-33-43(3)50-36-30-24-18-14-17-22-28-34-44-39-45(42-48(4)5)41-46(40-44)51-37-31-25-19-20-26-32-38-52-47(49)35-29-23-16-13-11-9-7-2/h39-41H,3,6-38,42H2,1-2,4-5H3. The van der Waals surface area contributed by atoms with Gasteiger partial charge in [0.15, 0.2) is 0 Å². The fourth-order valence-electron chi connectivity index (χ4n) is 6.88. The molecule has 0 radical (unpaired) electrons. The molecule has 0 saturated heterocycles. The zero-order valence-electron chi connectivity index (χ0n) is 35.1. The smallest absolute Gasteiger partial charge is 0.305 e. The van der Waals surface area contributed by atoms with E-state index in [-0.39, 0.29) is 5.97 Å². The largest absolute Gasteiger partial charge is 0.499 e. The molecule has 0 saturated carbocycles. The van der Waals surface area contributed by atoms with E-state index in [0.717, 1.165) is 82.6 Å². The Bertz CT molecular complexity index is 892. The van der Waals surface area contributed by atoms with Gasteiger partial charge in [-0.3, -0.25) is 4.79 Å². The highest BCUT2D eigenvalue weighted by Crippen LogP contribution is 2.22. The Balaban J connectivity index is 2.09. The zero-order valence-corrected chi connectivity index (χ0v) is 35.1. The number of benzene rings is 1. The second kappa shape index (κ2) is 36.0. The molecule has 0 heterocycles. The summed E-state index contributed by atoms with van der Waals surface area (Å²) < 4.78 is 17.6. The number of nitrogens with zero attached hydrogens (tertiary/aromatic N) is 1. The van der Waals surface area contributed by atoms with E-state index in [4.69, 9.17) is 14.2 Å². The van der Waals surface area contributed by atoms with Gasteiger partial charge in [-0.1, -0.05) is 161 Å². The Morgan fingerprint density at radius 1 is 0.519 bits per heavy atom. The van der Waals surface area contributed by atoms with E-state index >= 15 is 0 Å². The predicted octanol–water partition coefficient (Wildman–Crippen LogP) is 14.1. The van der Waals surface area contributed by atoms with Crippen LogP contribution in [0.2, 0.25) is 0 Å². The van der Waals surface area contributed by atoms with Crippen LogP contribution in [0.3, 0.4) is 0 Å². The molecular formula is C47H85NO4. The Morgan fingerprint density at radius 3 is 1.52 bits per heavy atom. The zero-order chi connectivity index (χ0) is 37.7. The molecule has 302 valence electrons. The third kappa shape index (κ3) is 31.5. The Labute approximate surface area is 323 Å². The molecule has 0 aliphatic carbocycles. The van der Waals surface area contributed by atoms with Gasteiger partial charge in [0.25, 0.3) is 0 Å². The van der Waals surface area contributed by atoms with Crippen LogP contribution in [-0.4, -0.2) is 44.8 Å². The topological polar surface area (TPSA) is 48.0 Å². The number of aryl methyl sites for hydroxylation is 1. The molecule has 0 fully saturated rings. The van der Waals surface area contributed by atoms with E-state index in [1.165, 1.54) is 146 Å². The van der Waals surface area contributed by atoms with Gasteiger partial charge in [0.2, 0.25) is 0 Å². The van der Waals surface area contributed by atoms with Crippen molar-refractivity contribution in [2.24, 2.45) is 0 Å². The number of esters is 1. The molecule has 1 rings (SSSR count). The summed E-state index contributed by atoms with van der Waals surface area (Å²) in [6.07, 6.45) is 36.4. The van der Waals surface area contributed by atoms with Crippen molar-refractivity contribution in [3.05, 3.63) is 41.7 Å². The molecule has 0 N–H and O–H groups in total. The summed E-state index contributed by atoms with van der Waals surface area (Å²) in [7, 11) is 4.27. The predicted molar refractivity (Wildman–Crippen MR) is 224 cm³/mol. The number of ether oxygens (including phenoxy) is 3. The first-order valence-corrected chi connectivity index (χ1v) is 22.3. The maximum atomic E-state index is 11.9. The minimum absolute atomic E-state index is 0.0113. The summed E-state index contributed by atoms with van der Waals surface area (Å²) in [5.74, 6) is 2.01. The van der Waals surface area contributed by atoms with Crippen molar-refractivity contribution in [3.63, 3.8) is 0 Å². The van der Waals surface area contributed by atoms with Gasteiger partial charge < -0.3 is 19.1 Å². The van der Waals surface area contributed by atoms with E-state index in [1.54, 1.807) is 0 Å². The number of hydrogen-bond acceptors (Lipinski definition) is 5. The number of allylic oxidation sites excluding steroid dienone is 1. The van der Waals surface area contributed by atoms with Crippen molar-refractivity contribution < 1.29 is 19.0 Å². The number of unbranched alkanes of at least 4 members (excludes halogenated alkanes) is 23. The summed E-state index contributed by atoms with van der Waals surface area (Å²) in [6, 6.07) is 6.88. The third-order valence-corrected chi connectivity index (χ3v) is 10.1. The maximum Gasteiger partial charge on any atom is 0.305 e. The molecule has 1 aromatic rings. The molecule has 1 aromatic carbocycles.